The summed E-state index contributed by atoms with van der Waals surface area (Å²) >= 11 is 6.00. The predicted octanol–water partition coefficient (Wildman–Crippen LogP) is 2.83. The molecule has 0 radical (unpaired) electrons. The topological polar surface area (TPSA) is 32.3 Å². The molecule has 14 heavy (non-hydrogen) atoms. The molecule has 0 aliphatic carbocycles. The second-order valence-electron chi connectivity index (χ2n) is 3.34. The Morgan fingerprint density at radius 3 is 2.86 bits per heavy atom. The molecular formula is C11H16ClNO. The number of nitrogens with one attached hydrogen (secondary N) is 1. The Labute approximate surface area is 89.9 Å². The minimum atomic E-state index is 0.253. The number of rotatable bonds is 5. The number of aliphatic hydroxyl groups excluding tert-OH is 1. The lowest BCUT2D eigenvalue weighted by atomic mass is 10.2. The SMILES string of the molecule is Cc1ccc(Cl)c(NCCCCO)c1. The number of aryl methyl sites for hydroxylation is 1. The summed E-state index contributed by atoms with van der Waals surface area (Å²) in [6.07, 6.45) is 1.79. The fourth-order valence-corrected chi connectivity index (χ4v) is 1.42. The van der Waals surface area contributed by atoms with Crippen molar-refractivity contribution in [2.24, 2.45) is 0 Å². The second-order valence-corrected chi connectivity index (χ2v) is 3.75. The summed E-state index contributed by atoms with van der Waals surface area (Å²) in [5.41, 5.74) is 2.17. The average molecular weight is 214 g/mol. The Balaban J connectivity index is 2.45. The molecule has 2 nitrogen and oxygen atoms in total. The molecule has 1 aromatic carbocycles. The number of hydrogen-bond donors (Lipinski definition) is 2. The highest BCUT2D eigenvalue weighted by atomic mass is 35.5. The summed E-state index contributed by atoms with van der Waals surface area (Å²) in [4.78, 5) is 0. The smallest absolute Gasteiger partial charge is 0.0637 e. The van der Waals surface area contributed by atoms with E-state index >= 15 is 0 Å². The van der Waals surface area contributed by atoms with Crippen LogP contribution in [-0.4, -0.2) is 18.3 Å². The first kappa shape index (κ1) is 11.3. The van der Waals surface area contributed by atoms with Crippen LogP contribution in [0, 0.1) is 6.92 Å². The van der Waals surface area contributed by atoms with Crippen LogP contribution >= 0.6 is 11.6 Å². The Morgan fingerprint density at radius 2 is 2.14 bits per heavy atom. The van der Waals surface area contributed by atoms with Crippen molar-refractivity contribution < 1.29 is 5.11 Å². The molecule has 78 valence electrons. The van der Waals surface area contributed by atoms with E-state index in [1.165, 1.54) is 5.56 Å². The van der Waals surface area contributed by atoms with Gasteiger partial charge in [-0.2, -0.15) is 0 Å². The van der Waals surface area contributed by atoms with E-state index in [4.69, 9.17) is 16.7 Å². The summed E-state index contributed by atoms with van der Waals surface area (Å²) < 4.78 is 0. The maximum Gasteiger partial charge on any atom is 0.0637 e. The van der Waals surface area contributed by atoms with Crippen LogP contribution in [0.15, 0.2) is 18.2 Å². The van der Waals surface area contributed by atoms with Crippen molar-refractivity contribution in [3.05, 3.63) is 28.8 Å². The van der Waals surface area contributed by atoms with Gasteiger partial charge in [0.05, 0.1) is 10.7 Å². The fourth-order valence-electron chi connectivity index (χ4n) is 1.23. The Morgan fingerprint density at radius 1 is 1.36 bits per heavy atom. The van der Waals surface area contributed by atoms with Gasteiger partial charge in [-0.3, -0.25) is 0 Å². The van der Waals surface area contributed by atoms with E-state index in [1.54, 1.807) is 0 Å². The summed E-state index contributed by atoms with van der Waals surface area (Å²) in [5.74, 6) is 0. The maximum absolute atomic E-state index is 8.61. The molecule has 0 aromatic heterocycles. The zero-order valence-electron chi connectivity index (χ0n) is 8.39. The van der Waals surface area contributed by atoms with Gasteiger partial charge in [-0.1, -0.05) is 17.7 Å². The van der Waals surface area contributed by atoms with Crippen molar-refractivity contribution in [3.8, 4) is 0 Å². The van der Waals surface area contributed by atoms with Gasteiger partial charge in [0, 0.05) is 13.2 Å². The monoisotopic (exact) mass is 213 g/mol. The van der Waals surface area contributed by atoms with Gasteiger partial charge in [0.25, 0.3) is 0 Å². The molecule has 0 bridgehead atoms. The molecule has 0 spiro atoms. The van der Waals surface area contributed by atoms with E-state index in [1.807, 2.05) is 25.1 Å². The molecule has 0 heterocycles. The molecule has 2 N–H and O–H groups in total. The van der Waals surface area contributed by atoms with Crippen LogP contribution < -0.4 is 5.32 Å². The first-order valence-corrected chi connectivity index (χ1v) is 5.22. The standard InChI is InChI=1S/C11H16ClNO/c1-9-4-5-10(12)11(8-9)13-6-2-3-7-14/h4-5,8,13-14H,2-3,6-7H2,1H3. The predicted molar refractivity (Wildman–Crippen MR) is 61.0 cm³/mol. The number of aliphatic hydroxyl groups is 1. The van der Waals surface area contributed by atoms with Crippen LogP contribution in [0.25, 0.3) is 0 Å². The molecule has 0 amide bonds. The lowest BCUT2D eigenvalue weighted by Crippen LogP contribution is -2.02. The van der Waals surface area contributed by atoms with Crippen molar-refractivity contribution in [2.75, 3.05) is 18.5 Å². The third kappa shape index (κ3) is 3.56. The zero-order valence-corrected chi connectivity index (χ0v) is 9.14. The highest BCUT2D eigenvalue weighted by molar-refractivity contribution is 6.33. The lowest BCUT2D eigenvalue weighted by molar-refractivity contribution is 0.286. The third-order valence-electron chi connectivity index (χ3n) is 2.02. The van der Waals surface area contributed by atoms with Crippen LogP contribution in [0.2, 0.25) is 5.02 Å². The van der Waals surface area contributed by atoms with Gasteiger partial charge >= 0.3 is 0 Å². The number of halogens is 1. The van der Waals surface area contributed by atoms with E-state index in [0.717, 1.165) is 30.1 Å². The van der Waals surface area contributed by atoms with Gasteiger partial charge < -0.3 is 10.4 Å². The average Bonchev–Trinajstić information content (AvgIpc) is 2.18. The lowest BCUT2D eigenvalue weighted by Gasteiger charge is -2.08. The van der Waals surface area contributed by atoms with E-state index in [-0.39, 0.29) is 6.61 Å². The Bertz CT molecular complexity index is 289. The van der Waals surface area contributed by atoms with Crippen molar-refractivity contribution in [2.45, 2.75) is 19.8 Å². The van der Waals surface area contributed by atoms with Crippen LogP contribution in [0.5, 0.6) is 0 Å². The minimum absolute atomic E-state index is 0.253. The van der Waals surface area contributed by atoms with Gasteiger partial charge in [0.2, 0.25) is 0 Å². The largest absolute Gasteiger partial charge is 0.396 e. The van der Waals surface area contributed by atoms with Crippen LogP contribution in [0.1, 0.15) is 18.4 Å². The van der Waals surface area contributed by atoms with E-state index in [9.17, 15) is 0 Å². The molecule has 1 rings (SSSR count). The van der Waals surface area contributed by atoms with E-state index in [2.05, 4.69) is 5.32 Å². The molecule has 0 atom stereocenters. The Kier molecular flexibility index (Phi) is 4.77. The van der Waals surface area contributed by atoms with Crippen molar-refractivity contribution in [1.29, 1.82) is 0 Å². The maximum atomic E-state index is 8.61. The van der Waals surface area contributed by atoms with Gasteiger partial charge in [-0.25, -0.2) is 0 Å². The molecule has 0 saturated heterocycles. The van der Waals surface area contributed by atoms with Gasteiger partial charge in [0.15, 0.2) is 0 Å². The zero-order chi connectivity index (χ0) is 10.4. The molecule has 0 unspecified atom stereocenters. The summed E-state index contributed by atoms with van der Waals surface area (Å²) in [5, 5.41) is 12.6. The Hall–Kier alpha value is -0.730. The molecule has 1 aromatic rings. The number of hydrogen-bond acceptors (Lipinski definition) is 2. The first-order valence-electron chi connectivity index (χ1n) is 4.85. The second kappa shape index (κ2) is 5.89. The van der Waals surface area contributed by atoms with Gasteiger partial charge in [0.1, 0.15) is 0 Å². The summed E-state index contributed by atoms with van der Waals surface area (Å²) in [7, 11) is 0. The first-order chi connectivity index (χ1) is 6.74. The number of anilines is 1. The third-order valence-corrected chi connectivity index (χ3v) is 2.35. The van der Waals surface area contributed by atoms with Crippen molar-refractivity contribution in [3.63, 3.8) is 0 Å². The van der Waals surface area contributed by atoms with Crippen LogP contribution in [0.3, 0.4) is 0 Å². The summed E-state index contributed by atoms with van der Waals surface area (Å²) in [6, 6.07) is 5.91. The molecular weight excluding hydrogens is 198 g/mol. The molecule has 0 aliphatic heterocycles. The van der Waals surface area contributed by atoms with E-state index < -0.39 is 0 Å². The number of benzene rings is 1. The summed E-state index contributed by atoms with van der Waals surface area (Å²) in [6.45, 7) is 3.14. The minimum Gasteiger partial charge on any atom is -0.396 e. The van der Waals surface area contributed by atoms with Gasteiger partial charge in [-0.05, 0) is 37.5 Å². The van der Waals surface area contributed by atoms with Gasteiger partial charge in [-0.15, -0.1) is 0 Å². The fraction of sp³-hybridized carbons (Fsp3) is 0.455. The van der Waals surface area contributed by atoms with Crippen LogP contribution in [0.4, 0.5) is 5.69 Å². The normalized spacial score (nSPS) is 10.2. The highest BCUT2D eigenvalue weighted by Gasteiger charge is 1.98. The van der Waals surface area contributed by atoms with Crippen LogP contribution in [-0.2, 0) is 0 Å². The highest BCUT2D eigenvalue weighted by Crippen LogP contribution is 2.22. The van der Waals surface area contributed by atoms with E-state index in [0.29, 0.717) is 0 Å². The quantitative estimate of drug-likeness (QED) is 0.738. The molecule has 3 heteroatoms. The van der Waals surface area contributed by atoms with Crippen molar-refractivity contribution in [1.82, 2.24) is 0 Å². The molecule has 0 fully saturated rings. The number of unbranched alkanes of at least 4 members (excludes halogenated alkanes) is 1. The molecule has 0 aliphatic rings. The van der Waals surface area contributed by atoms with Crippen molar-refractivity contribution >= 4 is 17.3 Å². The molecule has 0 saturated carbocycles.